The summed E-state index contributed by atoms with van der Waals surface area (Å²) in [5.41, 5.74) is 0. The monoisotopic (exact) mass is 258 g/mol. The maximum Gasteiger partial charge on any atom is 0.308 e. The molecule has 0 saturated carbocycles. The zero-order valence-corrected chi connectivity index (χ0v) is 11.1. The summed E-state index contributed by atoms with van der Waals surface area (Å²) < 4.78 is 4.54. The molecule has 0 aliphatic rings. The van der Waals surface area contributed by atoms with Gasteiger partial charge in [0.15, 0.2) is 0 Å². The SMILES string of the molecule is CC(CC[SiH2]C(Cl)Cl)C(=O)OCCO. The van der Waals surface area contributed by atoms with E-state index in [0.29, 0.717) is 0 Å². The van der Waals surface area contributed by atoms with Crippen LogP contribution < -0.4 is 0 Å². The molecule has 0 spiro atoms. The lowest BCUT2D eigenvalue weighted by molar-refractivity contribution is -0.149. The van der Waals surface area contributed by atoms with Crippen LogP contribution in [0.4, 0.5) is 0 Å². The lowest BCUT2D eigenvalue weighted by Crippen LogP contribution is -2.17. The summed E-state index contributed by atoms with van der Waals surface area (Å²) in [6.07, 6.45) is 0.770. The van der Waals surface area contributed by atoms with Crippen LogP contribution in [0.3, 0.4) is 0 Å². The second-order valence-electron chi connectivity index (χ2n) is 3.11. The van der Waals surface area contributed by atoms with Crippen molar-refractivity contribution in [3.63, 3.8) is 0 Å². The van der Waals surface area contributed by atoms with E-state index in [0.717, 1.165) is 12.5 Å². The second kappa shape index (κ2) is 8.53. The van der Waals surface area contributed by atoms with E-state index in [-0.39, 0.29) is 29.6 Å². The number of alkyl halides is 2. The van der Waals surface area contributed by atoms with Gasteiger partial charge in [0.05, 0.1) is 26.5 Å². The van der Waals surface area contributed by atoms with Gasteiger partial charge in [-0.15, -0.1) is 23.2 Å². The fraction of sp³-hybridized carbons (Fsp3) is 0.875. The summed E-state index contributed by atoms with van der Waals surface area (Å²) >= 11 is 11.2. The van der Waals surface area contributed by atoms with Crippen LogP contribution in [0.25, 0.3) is 0 Å². The Morgan fingerprint density at radius 1 is 1.57 bits per heavy atom. The number of aliphatic hydroxyl groups excluding tert-OH is 1. The van der Waals surface area contributed by atoms with Crippen molar-refractivity contribution in [3.8, 4) is 0 Å². The fourth-order valence-electron chi connectivity index (χ4n) is 0.985. The highest BCUT2D eigenvalue weighted by molar-refractivity contribution is 6.68. The summed E-state index contributed by atoms with van der Waals surface area (Å²) in [4.78, 5) is 11.2. The lowest BCUT2D eigenvalue weighted by atomic mass is 10.1. The first-order valence-corrected chi connectivity index (χ1v) is 7.32. The van der Waals surface area contributed by atoms with E-state index in [2.05, 4.69) is 0 Å². The average Bonchev–Trinajstić information content (AvgIpc) is 2.13. The highest BCUT2D eigenvalue weighted by Gasteiger charge is 2.14. The van der Waals surface area contributed by atoms with Gasteiger partial charge in [-0.25, -0.2) is 0 Å². The fourth-order valence-corrected chi connectivity index (χ4v) is 3.07. The zero-order chi connectivity index (χ0) is 11.0. The molecule has 14 heavy (non-hydrogen) atoms. The highest BCUT2D eigenvalue weighted by Crippen LogP contribution is 2.10. The molecule has 0 radical (unpaired) electrons. The Bertz CT molecular complexity index is 167. The number of carbonyl (C=O) groups excluding carboxylic acids is 1. The molecule has 0 aromatic carbocycles. The van der Waals surface area contributed by atoms with Crippen molar-refractivity contribution < 1.29 is 14.6 Å². The second-order valence-corrected chi connectivity index (χ2v) is 7.53. The van der Waals surface area contributed by atoms with Gasteiger partial charge < -0.3 is 9.84 Å². The number of esters is 1. The molecule has 0 bridgehead atoms. The third-order valence-corrected chi connectivity index (χ3v) is 4.36. The van der Waals surface area contributed by atoms with E-state index in [4.69, 9.17) is 33.0 Å². The van der Waals surface area contributed by atoms with Gasteiger partial charge in [0.2, 0.25) is 0 Å². The van der Waals surface area contributed by atoms with Gasteiger partial charge in [-0.05, 0) is 6.42 Å². The van der Waals surface area contributed by atoms with Crippen LogP contribution in [-0.4, -0.2) is 38.3 Å². The van der Waals surface area contributed by atoms with Crippen LogP contribution in [0.2, 0.25) is 6.04 Å². The van der Waals surface area contributed by atoms with E-state index in [1.165, 1.54) is 0 Å². The van der Waals surface area contributed by atoms with Crippen LogP contribution in [0.15, 0.2) is 0 Å². The van der Waals surface area contributed by atoms with Gasteiger partial charge in [-0.3, -0.25) is 4.79 Å². The van der Waals surface area contributed by atoms with Crippen LogP contribution in [0.1, 0.15) is 13.3 Å². The average molecular weight is 259 g/mol. The Hall–Kier alpha value is 0.227. The summed E-state index contributed by atoms with van der Waals surface area (Å²) in [5.74, 6) is -0.380. The first-order chi connectivity index (χ1) is 6.57. The standard InChI is InChI=1S/C8H16Cl2O3Si/c1-6(2-5-14-8(9)10)7(12)13-4-3-11/h6,8,11H,2-5,14H2,1H3. The van der Waals surface area contributed by atoms with Crippen LogP contribution in [-0.2, 0) is 9.53 Å². The Labute approximate surface area is 96.5 Å². The Balaban J connectivity index is 3.51. The quantitative estimate of drug-likeness (QED) is 0.420. The summed E-state index contributed by atoms with van der Waals surface area (Å²) in [6, 6.07) is 0.938. The molecule has 1 unspecified atom stereocenters. The van der Waals surface area contributed by atoms with Crippen molar-refractivity contribution in [2.45, 2.75) is 23.8 Å². The molecule has 0 fully saturated rings. The van der Waals surface area contributed by atoms with Gasteiger partial charge in [-0.1, -0.05) is 13.0 Å². The molecular weight excluding hydrogens is 243 g/mol. The first-order valence-electron chi connectivity index (χ1n) is 4.63. The molecule has 0 aliphatic heterocycles. The van der Waals surface area contributed by atoms with Crippen molar-refractivity contribution in [1.29, 1.82) is 0 Å². The van der Waals surface area contributed by atoms with E-state index >= 15 is 0 Å². The molecule has 1 atom stereocenters. The van der Waals surface area contributed by atoms with Gasteiger partial charge in [0.25, 0.3) is 0 Å². The molecule has 0 aliphatic carbocycles. The van der Waals surface area contributed by atoms with Gasteiger partial charge in [0, 0.05) is 0 Å². The molecule has 3 nitrogen and oxygen atoms in total. The van der Waals surface area contributed by atoms with Crippen LogP contribution >= 0.6 is 23.2 Å². The van der Waals surface area contributed by atoms with Gasteiger partial charge in [0.1, 0.15) is 6.61 Å². The molecule has 1 N–H and O–H groups in total. The number of halogens is 2. The molecule has 0 amide bonds. The number of aliphatic hydroxyl groups is 1. The Morgan fingerprint density at radius 3 is 2.71 bits per heavy atom. The van der Waals surface area contributed by atoms with Crippen LogP contribution in [0.5, 0.6) is 0 Å². The number of rotatable bonds is 7. The molecule has 0 heterocycles. The van der Waals surface area contributed by atoms with E-state index in [1.54, 1.807) is 0 Å². The first kappa shape index (κ1) is 14.2. The molecule has 84 valence electrons. The number of carbonyl (C=O) groups is 1. The predicted molar refractivity (Wildman–Crippen MR) is 60.7 cm³/mol. The number of ether oxygens (including phenoxy) is 1. The highest BCUT2D eigenvalue weighted by atomic mass is 35.5. The zero-order valence-electron chi connectivity index (χ0n) is 8.21. The summed E-state index contributed by atoms with van der Waals surface area (Å²) in [7, 11) is -0.474. The Kier molecular flexibility index (Phi) is 8.67. The largest absolute Gasteiger partial charge is 0.463 e. The van der Waals surface area contributed by atoms with Crippen LogP contribution in [0, 0.1) is 5.92 Å². The summed E-state index contributed by atoms with van der Waals surface area (Å²) in [6.45, 7) is 1.76. The van der Waals surface area contributed by atoms with E-state index in [9.17, 15) is 4.79 Å². The smallest absolute Gasteiger partial charge is 0.308 e. The summed E-state index contributed by atoms with van der Waals surface area (Å²) in [5, 5.41) is 8.44. The molecular formula is C8H16Cl2O3Si. The van der Waals surface area contributed by atoms with Gasteiger partial charge in [-0.2, -0.15) is 0 Å². The maximum absolute atomic E-state index is 11.2. The van der Waals surface area contributed by atoms with Crippen molar-refractivity contribution in [3.05, 3.63) is 0 Å². The van der Waals surface area contributed by atoms with E-state index < -0.39 is 9.52 Å². The maximum atomic E-state index is 11.2. The van der Waals surface area contributed by atoms with Crippen molar-refractivity contribution >= 4 is 38.7 Å². The molecule has 0 aromatic rings. The predicted octanol–water partition coefficient (Wildman–Crippen LogP) is 0.896. The topological polar surface area (TPSA) is 46.5 Å². The Morgan fingerprint density at radius 2 is 2.21 bits per heavy atom. The molecule has 6 heteroatoms. The molecule has 0 aromatic heterocycles. The van der Waals surface area contributed by atoms with Gasteiger partial charge >= 0.3 is 5.97 Å². The van der Waals surface area contributed by atoms with Crippen molar-refractivity contribution in [2.75, 3.05) is 13.2 Å². The minimum atomic E-state index is -0.474. The molecule has 0 saturated heterocycles. The normalized spacial score (nSPS) is 13.8. The third-order valence-electron chi connectivity index (χ3n) is 1.80. The lowest BCUT2D eigenvalue weighted by Gasteiger charge is -2.10. The molecule has 0 rings (SSSR count). The van der Waals surface area contributed by atoms with E-state index in [1.807, 2.05) is 6.92 Å². The number of hydrogen-bond donors (Lipinski definition) is 1. The van der Waals surface area contributed by atoms with Crippen molar-refractivity contribution in [1.82, 2.24) is 0 Å². The minimum absolute atomic E-state index is 0.0776. The van der Waals surface area contributed by atoms with Crippen molar-refractivity contribution in [2.24, 2.45) is 5.92 Å². The minimum Gasteiger partial charge on any atom is -0.463 e. The third kappa shape index (κ3) is 7.61. The number of hydrogen-bond acceptors (Lipinski definition) is 3.